The number of benzene rings is 1. The quantitative estimate of drug-likeness (QED) is 0.623. The first-order valence-corrected chi connectivity index (χ1v) is 8.79. The van der Waals surface area contributed by atoms with E-state index in [2.05, 4.69) is 0 Å². The lowest BCUT2D eigenvalue weighted by Gasteiger charge is -2.39. The first kappa shape index (κ1) is 23.3. The zero-order valence-corrected chi connectivity index (χ0v) is 15.5. The highest BCUT2D eigenvalue weighted by Gasteiger charge is 2.84. The van der Waals surface area contributed by atoms with E-state index in [0.29, 0.717) is 11.5 Å². The Balaban J connectivity index is 1.64. The average molecular weight is 466 g/mol. The molecular weight excluding hydrogens is 451 g/mol. The van der Waals surface area contributed by atoms with Gasteiger partial charge in [0.1, 0.15) is 0 Å². The highest BCUT2D eigenvalue weighted by molar-refractivity contribution is 5.85. The van der Waals surface area contributed by atoms with Gasteiger partial charge in [-0.2, -0.15) is 39.5 Å². The lowest BCUT2D eigenvalue weighted by molar-refractivity contribution is -0.389. The van der Waals surface area contributed by atoms with E-state index in [9.17, 15) is 44.3 Å². The molecule has 0 aliphatic carbocycles. The molecule has 14 heteroatoms. The lowest BCUT2D eigenvalue weighted by Crippen LogP contribution is -2.66. The molecule has 2 heterocycles. The molecule has 0 atom stereocenters. The fourth-order valence-corrected chi connectivity index (χ4v) is 3.11. The summed E-state index contributed by atoms with van der Waals surface area (Å²) < 4.78 is 127. The molecule has 0 radical (unpaired) electrons. The van der Waals surface area contributed by atoms with Gasteiger partial charge in [-0.3, -0.25) is 9.69 Å². The third-order valence-corrected chi connectivity index (χ3v) is 4.92. The highest BCUT2D eigenvalue weighted by atomic mass is 19.4. The van der Waals surface area contributed by atoms with Gasteiger partial charge in [-0.25, -0.2) is 0 Å². The van der Waals surface area contributed by atoms with E-state index >= 15 is 0 Å². The van der Waals surface area contributed by atoms with Gasteiger partial charge >= 0.3 is 23.9 Å². The molecule has 5 nitrogen and oxygen atoms in total. The predicted molar refractivity (Wildman–Crippen MR) is 85.3 cm³/mol. The van der Waals surface area contributed by atoms with Crippen molar-refractivity contribution in [1.82, 2.24) is 9.80 Å². The van der Waals surface area contributed by atoms with Crippen molar-refractivity contribution in [2.24, 2.45) is 0 Å². The minimum atomic E-state index is -7.10. The van der Waals surface area contributed by atoms with Crippen molar-refractivity contribution in [2.75, 3.05) is 33.0 Å². The van der Waals surface area contributed by atoms with Crippen molar-refractivity contribution in [3.63, 3.8) is 0 Å². The van der Waals surface area contributed by atoms with Gasteiger partial charge < -0.3 is 14.4 Å². The number of alkyl halides is 9. The third-order valence-electron chi connectivity index (χ3n) is 4.92. The number of hydrogen-bond donors (Lipinski definition) is 0. The number of carbonyl (C=O) groups is 1. The maximum absolute atomic E-state index is 13.8. The van der Waals surface area contributed by atoms with Crippen molar-refractivity contribution in [1.29, 1.82) is 0 Å². The van der Waals surface area contributed by atoms with Crippen LogP contribution >= 0.6 is 0 Å². The zero-order valence-electron chi connectivity index (χ0n) is 15.5. The van der Waals surface area contributed by atoms with Crippen LogP contribution in [0.2, 0.25) is 0 Å². The molecule has 174 valence electrons. The number of fused-ring (bicyclic) bond motifs is 1. The summed E-state index contributed by atoms with van der Waals surface area (Å²) in [6.45, 7) is -1.02. The highest BCUT2D eigenvalue weighted by Crippen LogP contribution is 2.53. The summed E-state index contributed by atoms with van der Waals surface area (Å²) in [5, 5.41) is 0. The normalized spacial score (nSPS) is 18.4. The van der Waals surface area contributed by atoms with Crippen LogP contribution in [-0.2, 0) is 11.3 Å². The van der Waals surface area contributed by atoms with Crippen molar-refractivity contribution in [3.8, 4) is 11.5 Å². The molecule has 3 rings (SSSR count). The second-order valence-corrected chi connectivity index (χ2v) is 6.98. The standard InChI is InChI=1S/C17H15F9N2O3/c18-14(19,15(20,21)16(22,23)17(24,25)26)13(29)28-5-3-27(4-6-28)8-10-1-2-11-12(7-10)31-9-30-11/h1-2,7H,3-6,8-9H2. The van der Waals surface area contributed by atoms with Crippen molar-refractivity contribution < 1.29 is 53.8 Å². The number of carbonyl (C=O) groups excluding carboxylic acids is 1. The Morgan fingerprint density at radius 2 is 1.42 bits per heavy atom. The fourth-order valence-electron chi connectivity index (χ4n) is 3.11. The molecule has 0 unspecified atom stereocenters. The molecule has 1 fully saturated rings. The summed E-state index contributed by atoms with van der Waals surface area (Å²) in [6.07, 6.45) is -6.97. The number of piperazine rings is 1. The Kier molecular flexibility index (Phi) is 5.74. The second-order valence-electron chi connectivity index (χ2n) is 6.98. The van der Waals surface area contributed by atoms with E-state index in [-0.39, 0.29) is 31.3 Å². The van der Waals surface area contributed by atoms with Crippen LogP contribution in [-0.4, -0.2) is 72.6 Å². The molecule has 0 spiro atoms. The molecule has 1 aromatic carbocycles. The van der Waals surface area contributed by atoms with E-state index in [4.69, 9.17) is 9.47 Å². The minimum Gasteiger partial charge on any atom is -0.454 e. The molecular formula is C17H15F9N2O3. The molecule has 31 heavy (non-hydrogen) atoms. The maximum Gasteiger partial charge on any atom is 0.460 e. The minimum absolute atomic E-state index is 0.0474. The number of nitrogens with zero attached hydrogens (tertiary/aromatic N) is 2. The number of ether oxygens (including phenoxy) is 2. The van der Waals surface area contributed by atoms with E-state index in [0.717, 1.165) is 5.56 Å². The van der Waals surface area contributed by atoms with Crippen molar-refractivity contribution in [2.45, 2.75) is 30.5 Å². The fraction of sp³-hybridized carbons (Fsp3) is 0.588. The summed E-state index contributed by atoms with van der Waals surface area (Å²) >= 11 is 0. The van der Waals surface area contributed by atoms with Crippen LogP contribution in [0.4, 0.5) is 39.5 Å². The van der Waals surface area contributed by atoms with Crippen LogP contribution in [0.3, 0.4) is 0 Å². The van der Waals surface area contributed by atoms with Crippen LogP contribution < -0.4 is 9.47 Å². The van der Waals surface area contributed by atoms with E-state index in [1.165, 1.54) is 0 Å². The van der Waals surface area contributed by atoms with Gasteiger partial charge in [0.15, 0.2) is 11.5 Å². The predicted octanol–water partition coefficient (Wildman–Crippen LogP) is 3.53. The summed E-state index contributed by atoms with van der Waals surface area (Å²) in [5.41, 5.74) is 0.728. The van der Waals surface area contributed by atoms with Crippen molar-refractivity contribution in [3.05, 3.63) is 23.8 Å². The lowest BCUT2D eigenvalue weighted by atomic mass is 10.0. The van der Waals surface area contributed by atoms with Crippen LogP contribution in [0.1, 0.15) is 5.56 Å². The molecule has 0 bridgehead atoms. The van der Waals surface area contributed by atoms with Crippen molar-refractivity contribution >= 4 is 5.91 Å². The molecule has 2 aliphatic heterocycles. The van der Waals surface area contributed by atoms with Gasteiger partial charge in [-0.15, -0.1) is 0 Å². The van der Waals surface area contributed by atoms with Gasteiger partial charge in [0.25, 0.3) is 5.91 Å². The summed E-state index contributed by atoms with van der Waals surface area (Å²) in [7, 11) is 0. The smallest absolute Gasteiger partial charge is 0.454 e. The Morgan fingerprint density at radius 3 is 2.00 bits per heavy atom. The van der Waals surface area contributed by atoms with Crippen LogP contribution in [0.25, 0.3) is 0 Å². The molecule has 0 aromatic heterocycles. The third kappa shape index (κ3) is 3.96. The largest absolute Gasteiger partial charge is 0.460 e. The molecule has 1 saturated heterocycles. The van der Waals surface area contributed by atoms with Gasteiger partial charge in [0.05, 0.1) is 0 Å². The second kappa shape index (κ2) is 7.64. The summed E-state index contributed by atoms with van der Waals surface area (Å²) in [5.74, 6) is -22.1. The first-order chi connectivity index (χ1) is 14.2. The molecule has 1 aromatic rings. The number of hydrogen-bond acceptors (Lipinski definition) is 4. The Labute approximate surface area is 169 Å². The van der Waals surface area contributed by atoms with Crippen LogP contribution in [0, 0.1) is 0 Å². The van der Waals surface area contributed by atoms with Crippen LogP contribution in [0.5, 0.6) is 11.5 Å². The molecule has 2 aliphatic rings. The maximum atomic E-state index is 13.8. The Bertz CT molecular complexity index is 837. The molecule has 1 amide bonds. The monoisotopic (exact) mass is 466 g/mol. The Hall–Kier alpha value is -2.38. The SMILES string of the molecule is O=C(N1CCN(Cc2ccc3c(c2)OCO3)CC1)C(F)(F)C(F)(F)C(F)(F)C(F)(F)F. The van der Waals surface area contributed by atoms with E-state index < -0.39 is 42.9 Å². The average Bonchev–Trinajstić information content (AvgIpc) is 3.14. The van der Waals surface area contributed by atoms with Gasteiger partial charge in [0.2, 0.25) is 6.79 Å². The van der Waals surface area contributed by atoms with Gasteiger partial charge in [-0.05, 0) is 17.7 Å². The van der Waals surface area contributed by atoms with Gasteiger partial charge in [0, 0.05) is 32.7 Å². The first-order valence-electron chi connectivity index (χ1n) is 8.79. The molecule has 0 N–H and O–H groups in total. The summed E-state index contributed by atoms with van der Waals surface area (Å²) in [4.78, 5) is 13.6. The van der Waals surface area contributed by atoms with E-state index in [1.54, 1.807) is 23.1 Å². The number of rotatable bonds is 5. The number of halogens is 9. The zero-order chi connectivity index (χ0) is 23.2. The summed E-state index contributed by atoms with van der Waals surface area (Å²) in [6, 6.07) is 4.99. The van der Waals surface area contributed by atoms with E-state index in [1.807, 2.05) is 0 Å². The number of amides is 1. The van der Waals surface area contributed by atoms with Crippen LogP contribution in [0.15, 0.2) is 18.2 Å². The van der Waals surface area contributed by atoms with Gasteiger partial charge in [-0.1, -0.05) is 6.07 Å². The Morgan fingerprint density at radius 1 is 0.839 bits per heavy atom. The topological polar surface area (TPSA) is 42.0 Å². The molecule has 0 saturated carbocycles.